The molecular weight excluding hydrogens is 248 g/mol. The van der Waals surface area contributed by atoms with Gasteiger partial charge in [0.15, 0.2) is 0 Å². The Labute approximate surface area is 113 Å². The maximum atomic E-state index is 9.75. The van der Waals surface area contributed by atoms with Gasteiger partial charge in [0, 0.05) is 36.6 Å². The Bertz CT molecular complexity index is 438. The minimum absolute atomic E-state index is 0.198. The van der Waals surface area contributed by atoms with E-state index in [0.717, 1.165) is 37.5 Å². The van der Waals surface area contributed by atoms with E-state index in [1.807, 2.05) is 6.07 Å². The summed E-state index contributed by atoms with van der Waals surface area (Å²) in [6.45, 7) is 2.53. The molecule has 1 heterocycles. The topological polar surface area (TPSA) is 44.3 Å². The minimum atomic E-state index is -0.198. The van der Waals surface area contributed by atoms with E-state index in [2.05, 4.69) is 22.8 Å². The van der Waals surface area contributed by atoms with Crippen LogP contribution in [0.15, 0.2) is 18.2 Å². The van der Waals surface area contributed by atoms with E-state index in [1.54, 1.807) is 0 Å². The van der Waals surface area contributed by atoms with Crippen LogP contribution in [-0.4, -0.2) is 36.9 Å². The van der Waals surface area contributed by atoms with Crippen molar-refractivity contribution in [2.24, 2.45) is 5.92 Å². The number of halogens is 1. The van der Waals surface area contributed by atoms with Gasteiger partial charge < -0.3 is 15.7 Å². The molecule has 18 heavy (non-hydrogen) atoms. The zero-order chi connectivity index (χ0) is 12.5. The Balaban J connectivity index is 1.54. The Hall–Kier alpha value is -0.610. The Morgan fingerprint density at radius 2 is 2.11 bits per heavy atom. The van der Waals surface area contributed by atoms with E-state index in [4.69, 9.17) is 11.6 Å². The van der Waals surface area contributed by atoms with Crippen LogP contribution in [-0.2, 0) is 12.8 Å². The van der Waals surface area contributed by atoms with Crippen molar-refractivity contribution in [3.63, 3.8) is 0 Å². The molecule has 3 rings (SSSR count). The molecule has 1 aliphatic heterocycles. The highest BCUT2D eigenvalue weighted by Gasteiger charge is 2.27. The third-order valence-electron chi connectivity index (χ3n) is 4.07. The monoisotopic (exact) mass is 266 g/mol. The quantitative estimate of drug-likeness (QED) is 0.764. The minimum Gasteiger partial charge on any atom is -0.391 e. The fourth-order valence-corrected chi connectivity index (χ4v) is 3.17. The smallest absolute Gasteiger partial charge is 0.0716 e. The highest BCUT2D eigenvalue weighted by atomic mass is 35.5. The lowest BCUT2D eigenvalue weighted by Gasteiger charge is -2.18. The van der Waals surface area contributed by atoms with Gasteiger partial charge in [-0.1, -0.05) is 17.7 Å². The first-order chi connectivity index (χ1) is 8.72. The largest absolute Gasteiger partial charge is 0.391 e. The Morgan fingerprint density at radius 3 is 2.89 bits per heavy atom. The first kappa shape index (κ1) is 12.4. The zero-order valence-electron chi connectivity index (χ0n) is 10.3. The summed E-state index contributed by atoms with van der Waals surface area (Å²) in [4.78, 5) is 0. The normalized spacial score (nSPS) is 30.7. The first-order valence-electron chi connectivity index (χ1n) is 6.62. The molecule has 0 aromatic heterocycles. The second-order valence-electron chi connectivity index (χ2n) is 5.41. The van der Waals surface area contributed by atoms with Gasteiger partial charge in [0.25, 0.3) is 0 Å². The van der Waals surface area contributed by atoms with Crippen molar-refractivity contribution in [2.75, 3.05) is 19.6 Å². The van der Waals surface area contributed by atoms with Crippen LogP contribution in [0.1, 0.15) is 11.1 Å². The predicted molar refractivity (Wildman–Crippen MR) is 73.0 cm³/mol. The summed E-state index contributed by atoms with van der Waals surface area (Å²) in [5.41, 5.74) is 2.77. The van der Waals surface area contributed by atoms with Crippen LogP contribution in [0.2, 0.25) is 5.02 Å². The molecule has 3 unspecified atom stereocenters. The molecule has 0 spiro atoms. The maximum absolute atomic E-state index is 9.75. The van der Waals surface area contributed by atoms with Gasteiger partial charge in [0.1, 0.15) is 0 Å². The standard InChI is InChI=1S/C14H19ClN2O/c15-12-2-1-9-4-13(5-10(9)3-12)17-7-11-6-16-8-14(11)18/h1-3,11,13-14,16-18H,4-8H2. The van der Waals surface area contributed by atoms with Gasteiger partial charge in [0.2, 0.25) is 0 Å². The fourth-order valence-electron chi connectivity index (χ4n) is 2.98. The summed E-state index contributed by atoms with van der Waals surface area (Å²) < 4.78 is 0. The molecule has 2 aliphatic rings. The number of β-amino-alcohol motifs (C(OH)–C–C–N with tert-alkyl or cyclic N) is 1. The van der Waals surface area contributed by atoms with E-state index in [0.29, 0.717) is 12.0 Å². The van der Waals surface area contributed by atoms with Crippen molar-refractivity contribution in [2.45, 2.75) is 25.0 Å². The zero-order valence-corrected chi connectivity index (χ0v) is 11.1. The van der Waals surface area contributed by atoms with Crippen LogP contribution < -0.4 is 10.6 Å². The van der Waals surface area contributed by atoms with Crippen molar-refractivity contribution in [1.29, 1.82) is 0 Å². The second-order valence-corrected chi connectivity index (χ2v) is 5.85. The van der Waals surface area contributed by atoms with Gasteiger partial charge in [-0.05, 0) is 36.1 Å². The van der Waals surface area contributed by atoms with E-state index >= 15 is 0 Å². The summed E-state index contributed by atoms with van der Waals surface area (Å²) in [5, 5.41) is 17.4. The molecule has 0 saturated carbocycles. The van der Waals surface area contributed by atoms with Crippen molar-refractivity contribution in [3.05, 3.63) is 34.3 Å². The molecule has 3 atom stereocenters. The first-order valence-corrected chi connectivity index (χ1v) is 6.99. The number of rotatable bonds is 3. The van der Waals surface area contributed by atoms with E-state index < -0.39 is 0 Å². The number of benzene rings is 1. The molecule has 0 radical (unpaired) electrons. The number of fused-ring (bicyclic) bond motifs is 1. The molecule has 1 fully saturated rings. The van der Waals surface area contributed by atoms with Gasteiger partial charge in [-0.2, -0.15) is 0 Å². The van der Waals surface area contributed by atoms with Crippen LogP contribution >= 0.6 is 11.6 Å². The summed E-state index contributed by atoms with van der Waals surface area (Å²) in [7, 11) is 0. The van der Waals surface area contributed by atoms with Gasteiger partial charge >= 0.3 is 0 Å². The van der Waals surface area contributed by atoms with E-state index in [1.165, 1.54) is 11.1 Å². The molecule has 1 aromatic rings. The van der Waals surface area contributed by atoms with Crippen LogP contribution in [0.3, 0.4) is 0 Å². The molecule has 3 N–H and O–H groups in total. The van der Waals surface area contributed by atoms with Gasteiger partial charge in [-0.25, -0.2) is 0 Å². The van der Waals surface area contributed by atoms with E-state index in [-0.39, 0.29) is 6.10 Å². The average molecular weight is 267 g/mol. The number of nitrogens with one attached hydrogen (secondary N) is 2. The van der Waals surface area contributed by atoms with Crippen LogP contribution in [0.5, 0.6) is 0 Å². The Kier molecular flexibility index (Phi) is 3.57. The van der Waals surface area contributed by atoms with Crippen LogP contribution in [0.4, 0.5) is 0 Å². The van der Waals surface area contributed by atoms with E-state index in [9.17, 15) is 5.11 Å². The SMILES string of the molecule is OC1CNCC1CNC1Cc2ccc(Cl)cc2C1. The molecular formula is C14H19ClN2O. The van der Waals surface area contributed by atoms with Gasteiger partial charge in [-0.15, -0.1) is 0 Å². The molecule has 0 amide bonds. The lowest BCUT2D eigenvalue weighted by molar-refractivity contribution is 0.144. The van der Waals surface area contributed by atoms with Gasteiger partial charge in [-0.3, -0.25) is 0 Å². The molecule has 4 heteroatoms. The third kappa shape index (κ3) is 2.54. The van der Waals surface area contributed by atoms with Crippen LogP contribution in [0, 0.1) is 5.92 Å². The second kappa shape index (κ2) is 5.17. The molecule has 0 bridgehead atoms. The number of hydrogen-bond acceptors (Lipinski definition) is 3. The maximum Gasteiger partial charge on any atom is 0.0716 e. The third-order valence-corrected chi connectivity index (χ3v) is 4.31. The summed E-state index contributed by atoms with van der Waals surface area (Å²) >= 11 is 6.01. The fraction of sp³-hybridized carbons (Fsp3) is 0.571. The van der Waals surface area contributed by atoms with Crippen molar-refractivity contribution >= 4 is 11.6 Å². The summed E-state index contributed by atoms with van der Waals surface area (Å²) in [6.07, 6.45) is 1.92. The highest BCUT2D eigenvalue weighted by molar-refractivity contribution is 6.30. The predicted octanol–water partition coefficient (Wildman–Crippen LogP) is 0.977. The number of aliphatic hydroxyl groups is 1. The highest BCUT2D eigenvalue weighted by Crippen LogP contribution is 2.25. The summed E-state index contributed by atoms with van der Waals surface area (Å²) in [6, 6.07) is 6.66. The number of aliphatic hydroxyl groups excluding tert-OH is 1. The molecule has 1 saturated heterocycles. The van der Waals surface area contributed by atoms with Gasteiger partial charge in [0.05, 0.1) is 6.10 Å². The molecule has 1 aromatic carbocycles. The average Bonchev–Trinajstić information content (AvgIpc) is 2.92. The van der Waals surface area contributed by atoms with Crippen molar-refractivity contribution < 1.29 is 5.11 Å². The van der Waals surface area contributed by atoms with Crippen LogP contribution in [0.25, 0.3) is 0 Å². The van der Waals surface area contributed by atoms with Crippen molar-refractivity contribution in [1.82, 2.24) is 10.6 Å². The van der Waals surface area contributed by atoms with Crippen molar-refractivity contribution in [3.8, 4) is 0 Å². The molecule has 98 valence electrons. The molecule has 1 aliphatic carbocycles. The summed E-state index contributed by atoms with van der Waals surface area (Å²) in [5.74, 6) is 0.345. The molecule has 3 nitrogen and oxygen atoms in total. The lowest BCUT2D eigenvalue weighted by atomic mass is 10.1. The number of hydrogen-bond donors (Lipinski definition) is 3. The Morgan fingerprint density at radius 1 is 1.28 bits per heavy atom. The lowest BCUT2D eigenvalue weighted by Crippen LogP contribution is -2.37.